The molecule has 13 heavy (non-hydrogen) atoms. The van der Waals surface area contributed by atoms with E-state index >= 15 is 0 Å². The summed E-state index contributed by atoms with van der Waals surface area (Å²) in [4.78, 5) is 12.1. The fourth-order valence-electron chi connectivity index (χ4n) is 0.308. The number of thiocarbonyl (C=S) groups is 1. The van der Waals surface area contributed by atoms with Gasteiger partial charge < -0.3 is 27.0 Å². The molecule has 0 radical (unpaired) electrons. The van der Waals surface area contributed by atoms with Crippen molar-refractivity contribution in [3.63, 3.8) is 0 Å². The molecule has 76 valence electrons. The van der Waals surface area contributed by atoms with Gasteiger partial charge in [0.05, 0.1) is 0 Å². The molecule has 8 heteroatoms. The molecule has 0 unspecified atom stereocenters. The van der Waals surface area contributed by atoms with Crippen LogP contribution in [0.5, 0.6) is 0 Å². The average molecular weight is 208 g/mol. The summed E-state index contributed by atoms with van der Waals surface area (Å²) in [5, 5.41) is 17.0. The molecule has 0 atom stereocenters. The first kappa shape index (κ1) is 14.0. The fourth-order valence-corrected chi connectivity index (χ4v) is 0.558. The summed E-state index contributed by atoms with van der Waals surface area (Å²) >= 11 is 4.67. The number of nitrogens with zero attached hydrogens (tertiary/aromatic N) is 1. The number of aliphatic imine (C=N–C) groups is 1. The van der Waals surface area contributed by atoms with Crippen LogP contribution in [0.2, 0.25) is 0 Å². The molecular weight excluding hydrogens is 196 g/mol. The molecule has 0 spiro atoms. The van der Waals surface area contributed by atoms with Gasteiger partial charge in [0.1, 0.15) is 0 Å². The summed E-state index contributed by atoms with van der Waals surface area (Å²) in [6.45, 7) is 2.64. The predicted octanol–water partition coefficient (Wildman–Crippen LogP) is -0.623. The third kappa shape index (κ3) is 25.1. The van der Waals surface area contributed by atoms with Crippen LogP contribution >= 0.6 is 12.2 Å². The maximum Gasteiger partial charge on any atom is 0.503 e. The van der Waals surface area contributed by atoms with E-state index in [2.05, 4.69) is 22.5 Å². The number of nitrogens with one attached hydrogen (secondary N) is 1. The van der Waals surface area contributed by atoms with Crippen molar-refractivity contribution in [2.45, 2.75) is 6.92 Å². The number of carbonyl (C=O) groups is 1. The minimum Gasteiger partial charge on any atom is -0.450 e. The maximum absolute atomic E-state index is 8.56. The Balaban J connectivity index is 0. The molecule has 0 saturated heterocycles. The Bertz CT molecular complexity index is 198. The third-order valence-electron chi connectivity index (χ3n) is 0.559. The Kier molecular flexibility index (Phi) is 9.17. The highest BCUT2D eigenvalue weighted by atomic mass is 32.1. The molecule has 0 rings (SSSR count). The largest absolute Gasteiger partial charge is 0.503 e. The summed E-state index contributed by atoms with van der Waals surface area (Å²) in [7, 11) is 0. The molecule has 0 aliphatic carbocycles. The van der Waals surface area contributed by atoms with Crippen LogP contribution in [0, 0.1) is 0 Å². The Hall–Kier alpha value is -1.57. The lowest BCUT2D eigenvalue weighted by Gasteiger charge is -1.96. The highest BCUT2D eigenvalue weighted by Crippen LogP contribution is 1.71. The van der Waals surface area contributed by atoms with Crippen LogP contribution in [0.3, 0.4) is 0 Å². The third-order valence-corrected chi connectivity index (χ3v) is 0.794. The predicted molar refractivity (Wildman–Crippen MR) is 52.7 cm³/mol. The van der Waals surface area contributed by atoms with Crippen molar-refractivity contribution in [1.29, 1.82) is 0 Å². The number of hydrogen-bond donors (Lipinski definition) is 5. The van der Waals surface area contributed by atoms with Crippen molar-refractivity contribution in [1.82, 2.24) is 5.32 Å². The van der Waals surface area contributed by atoms with Gasteiger partial charge in [-0.1, -0.05) is 0 Å². The highest BCUT2D eigenvalue weighted by molar-refractivity contribution is 7.80. The molecule has 0 fully saturated rings. The number of hydrogen-bond acceptors (Lipinski definition) is 2. The SMILES string of the molecule is CCNC(=S)N=C(N)N.O=C(O)O. The Morgan fingerprint density at radius 1 is 1.54 bits per heavy atom. The minimum absolute atomic E-state index is 0.0130. The van der Waals surface area contributed by atoms with Crippen molar-refractivity contribution in [3.05, 3.63) is 0 Å². The van der Waals surface area contributed by atoms with E-state index in [4.69, 9.17) is 26.5 Å². The lowest BCUT2D eigenvalue weighted by atomic mass is 10.7. The van der Waals surface area contributed by atoms with E-state index in [0.717, 1.165) is 6.54 Å². The second kappa shape index (κ2) is 8.53. The molecule has 0 aromatic carbocycles. The maximum atomic E-state index is 8.56. The van der Waals surface area contributed by atoms with E-state index in [1.165, 1.54) is 0 Å². The molecule has 0 saturated carbocycles. The zero-order valence-electron chi connectivity index (χ0n) is 7.02. The van der Waals surface area contributed by atoms with Gasteiger partial charge in [-0.3, -0.25) is 0 Å². The topological polar surface area (TPSA) is 134 Å². The van der Waals surface area contributed by atoms with Gasteiger partial charge in [0.25, 0.3) is 0 Å². The van der Waals surface area contributed by atoms with Gasteiger partial charge in [-0.05, 0) is 19.1 Å². The van der Waals surface area contributed by atoms with Crippen molar-refractivity contribution in [3.8, 4) is 0 Å². The summed E-state index contributed by atoms with van der Waals surface area (Å²) in [5.41, 5.74) is 10.0. The second-order valence-corrected chi connectivity index (χ2v) is 2.04. The molecule has 0 aromatic heterocycles. The van der Waals surface area contributed by atoms with Gasteiger partial charge in [0, 0.05) is 6.54 Å². The van der Waals surface area contributed by atoms with Crippen LogP contribution in [-0.2, 0) is 0 Å². The molecule has 0 heterocycles. The van der Waals surface area contributed by atoms with E-state index in [-0.39, 0.29) is 5.96 Å². The van der Waals surface area contributed by atoms with E-state index in [1.807, 2.05) is 6.92 Å². The molecule has 0 aliphatic rings. The van der Waals surface area contributed by atoms with Crippen LogP contribution < -0.4 is 16.8 Å². The van der Waals surface area contributed by atoms with E-state index < -0.39 is 6.16 Å². The van der Waals surface area contributed by atoms with Crippen molar-refractivity contribution < 1.29 is 15.0 Å². The van der Waals surface area contributed by atoms with Crippen molar-refractivity contribution in [2.75, 3.05) is 6.54 Å². The van der Waals surface area contributed by atoms with Gasteiger partial charge in [-0.25, -0.2) is 4.79 Å². The Labute approximate surface area is 80.4 Å². The Morgan fingerprint density at radius 3 is 2.15 bits per heavy atom. The first-order valence-electron chi connectivity index (χ1n) is 3.19. The lowest BCUT2D eigenvalue weighted by Crippen LogP contribution is -2.28. The fraction of sp³-hybridized carbons (Fsp3) is 0.400. The quantitative estimate of drug-likeness (QED) is 0.220. The lowest BCUT2D eigenvalue weighted by molar-refractivity contribution is 0.137. The van der Waals surface area contributed by atoms with E-state index in [9.17, 15) is 0 Å². The zero-order chi connectivity index (χ0) is 10.9. The van der Waals surface area contributed by atoms with Gasteiger partial charge in [-0.15, -0.1) is 0 Å². The normalized spacial score (nSPS) is 7.46. The summed E-state index contributed by atoms with van der Waals surface area (Å²) in [6, 6.07) is 0. The molecule has 0 bridgehead atoms. The van der Waals surface area contributed by atoms with Gasteiger partial charge >= 0.3 is 6.16 Å². The number of nitrogens with two attached hydrogens (primary N) is 2. The molecule has 0 aliphatic heterocycles. The highest BCUT2D eigenvalue weighted by Gasteiger charge is 1.86. The number of rotatable bonds is 1. The molecule has 0 amide bonds. The standard InChI is InChI=1S/C4H10N4S.CH2O3/c1-2-7-4(9)8-3(5)6;2-1(3)4/h2H2,1H3,(H5,5,6,7,8,9);(H2,2,3,4). The molecule has 7 nitrogen and oxygen atoms in total. The average Bonchev–Trinajstić information content (AvgIpc) is 1.83. The molecule has 7 N–H and O–H groups in total. The van der Waals surface area contributed by atoms with Crippen molar-refractivity contribution in [2.24, 2.45) is 16.5 Å². The van der Waals surface area contributed by atoms with Crippen molar-refractivity contribution >= 4 is 29.4 Å². The van der Waals surface area contributed by atoms with Crippen LogP contribution in [-0.4, -0.2) is 34.0 Å². The van der Waals surface area contributed by atoms with Crippen LogP contribution in [0.1, 0.15) is 6.92 Å². The number of carboxylic acid groups (broad SMARTS) is 2. The Morgan fingerprint density at radius 2 is 1.92 bits per heavy atom. The minimum atomic E-state index is -1.83. The van der Waals surface area contributed by atoms with Crippen LogP contribution in [0.25, 0.3) is 0 Å². The van der Waals surface area contributed by atoms with Gasteiger partial charge in [0.2, 0.25) is 0 Å². The van der Waals surface area contributed by atoms with Crippen LogP contribution in [0.4, 0.5) is 4.79 Å². The molecule has 0 aromatic rings. The van der Waals surface area contributed by atoms with Gasteiger partial charge in [-0.2, -0.15) is 4.99 Å². The summed E-state index contributed by atoms with van der Waals surface area (Å²) < 4.78 is 0. The first-order chi connectivity index (χ1) is 5.90. The number of guanidine groups is 1. The second-order valence-electron chi connectivity index (χ2n) is 1.65. The van der Waals surface area contributed by atoms with Crippen LogP contribution in [0.15, 0.2) is 4.99 Å². The summed E-state index contributed by atoms with van der Waals surface area (Å²) in [5.74, 6) is -0.0130. The smallest absolute Gasteiger partial charge is 0.450 e. The van der Waals surface area contributed by atoms with Gasteiger partial charge in [0.15, 0.2) is 11.1 Å². The zero-order valence-corrected chi connectivity index (χ0v) is 7.84. The molecular formula is C5H12N4O3S. The van der Waals surface area contributed by atoms with E-state index in [0.29, 0.717) is 5.11 Å². The summed E-state index contributed by atoms with van der Waals surface area (Å²) in [6.07, 6.45) is -1.83. The first-order valence-corrected chi connectivity index (χ1v) is 3.60. The van der Waals surface area contributed by atoms with E-state index in [1.54, 1.807) is 0 Å². The monoisotopic (exact) mass is 208 g/mol.